The second-order valence-electron chi connectivity index (χ2n) is 6.71. The summed E-state index contributed by atoms with van der Waals surface area (Å²) in [6, 6.07) is 13.3. The van der Waals surface area contributed by atoms with Gasteiger partial charge in [0, 0.05) is 40.6 Å². The van der Waals surface area contributed by atoms with Crippen LogP contribution in [-0.4, -0.2) is 24.9 Å². The Morgan fingerprint density at radius 1 is 1.30 bits per heavy atom. The van der Waals surface area contributed by atoms with E-state index in [-0.39, 0.29) is 18.4 Å². The Hall–Kier alpha value is -2.05. The molecule has 142 valence electrons. The lowest BCUT2D eigenvalue weighted by molar-refractivity contribution is -0.123. The molecule has 4 N–H and O–H groups in total. The summed E-state index contributed by atoms with van der Waals surface area (Å²) in [6.07, 6.45) is 0.754. The van der Waals surface area contributed by atoms with Crippen molar-refractivity contribution >= 4 is 45.0 Å². The van der Waals surface area contributed by atoms with E-state index in [9.17, 15) is 9.59 Å². The Morgan fingerprint density at radius 3 is 2.81 bits per heavy atom. The minimum absolute atomic E-state index is 0.0972. The first kappa shape index (κ1) is 19.7. The van der Waals surface area contributed by atoms with Gasteiger partial charge in [-0.3, -0.25) is 9.59 Å². The largest absolute Gasteiger partial charge is 0.384 e. The van der Waals surface area contributed by atoms with Crippen LogP contribution in [0.5, 0.6) is 0 Å². The molecule has 1 heterocycles. The molecule has 1 aliphatic heterocycles. The Balaban J connectivity index is 1.57. The zero-order valence-electron chi connectivity index (χ0n) is 14.7. The van der Waals surface area contributed by atoms with Gasteiger partial charge in [0.1, 0.15) is 0 Å². The summed E-state index contributed by atoms with van der Waals surface area (Å²) in [5, 5.41) is 6.76. The van der Waals surface area contributed by atoms with Gasteiger partial charge in [0.05, 0.1) is 5.92 Å². The molecule has 2 aromatic rings. The maximum atomic E-state index is 12.4. The van der Waals surface area contributed by atoms with Crippen LogP contribution in [0, 0.1) is 5.92 Å². The summed E-state index contributed by atoms with van der Waals surface area (Å²) in [7, 11) is 0. The second kappa shape index (κ2) is 8.76. The maximum Gasteiger partial charge on any atom is 0.222 e. The van der Waals surface area contributed by atoms with Crippen LogP contribution < -0.4 is 16.4 Å². The van der Waals surface area contributed by atoms with Gasteiger partial charge in [-0.05, 0) is 41.8 Å². The first-order valence-corrected chi connectivity index (χ1v) is 9.94. The lowest BCUT2D eigenvalue weighted by Gasteiger charge is -2.16. The van der Waals surface area contributed by atoms with Gasteiger partial charge in [-0.1, -0.05) is 45.7 Å². The molecular weight excluding hydrogens is 430 g/mol. The monoisotopic (exact) mass is 449 g/mol. The molecule has 7 heteroatoms. The van der Waals surface area contributed by atoms with Gasteiger partial charge < -0.3 is 16.4 Å². The molecule has 27 heavy (non-hydrogen) atoms. The molecule has 2 unspecified atom stereocenters. The number of hydrogen-bond donors (Lipinski definition) is 3. The van der Waals surface area contributed by atoms with Crippen molar-refractivity contribution in [3.05, 3.63) is 63.1 Å². The topological polar surface area (TPSA) is 84.2 Å². The van der Waals surface area contributed by atoms with Crippen molar-refractivity contribution in [2.24, 2.45) is 11.7 Å². The van der Waals surface area contributed by atoms with Crippen LogP contribution in [0.25, 0.3) is 0 Å². The van der Waals surface area contributed by atoms with Crippen LogP contribution in [0.2, 0.25) is 5.02 Å². The van der Waals surface area contributed by atoms with E-state index in [1.807, 2.05) is 36.4 Å². The van der Waals surface area contributed by atoms with Crippen molar-refractivity contribution in [2.45, 2.75) is 18.8 Å². The Bertz CT molecular complexity index is 859. The van der Waals surface area contributed by atoms with Crippen molar-refractivity contribution in [3.63, 3.8) is 0 Å². The Labute approximate surface area is 171 Å². The van der Waals surface area contributed by atoms with Gasteiger partial charge >= 0.3 is 0 Å². The summed E-state index contributed by atoms with van der Waals surface area (Å²) in [4.78, 5) is 24.2. The summed E-state index contributed by atoms with van der Waals surface area (Å²) in [5.74, 6) is -0.947. The summed E-state index contributed by atoms with van der Waals surface area (Å²) >= 11 is 9.63. The Kier molecular flexibility index (Phi) is 6.39. The molecule has 2 aromatic carbocycles. The number of benzene rings is 2. The first-order valence-electron chi connectivity index (χ1n) is 8.76. The molecule has 0 bridgehead atoms. The summed E-state index contributed by atoms with van der Waals surface area (Å²) < 4.78 is 0.990. The number of rotatable bonds is 7. The van der Waals surface area contributed by atoms with E-state index in [1.54, 1.807) is 6.07 Å². The summed E-state index contributed by atoms with van der Waals surface area (Å²) in [6.45, 7) is 0.920. The van der Waals surface area contributed by atoms with E-state index in [4.69, 9.17) is 17.3 Å². The maximum absolute atomic E-state index is 12.4. The van der Waals surface area contributed by atoms with E-state index in [0.717, 1.165) is 27.8 Å². The van der Waals surface area contributed by atoms with Crippen LogP contribution in [0.3, 0.4) is 0 Å². The molecule has 0 aliphatic carbocycles. The molecule has 2 atom stereocenters. The second-order valence-corrected chi connectivity index (χ2v) is 8.04. The third-order valence-corrected chi connectivity index (χ3v) is 5.66. The number of hydrogen-bond acceptors (Lipinski definition) is 3. The average molecular weight is 451 g/mol. The van der Waals surface area contributed by atoms with E-state index in [1.165, 1.54) is 0 Å². The van der Waals surface area contributed by atoms with Crippen molar-refractivity contribution in [3.8, 4) is 0 Å². The highest BCUT2D eigenvalue weighted by atomic mass is 79.9. The molecule has 0 saturated heterocycles. The molecule has 0 aromatic heterocycles. The molecule has 3 rings (SSSR count). The third-order valence-electron chi connectivity index (χ3n) is 4.80. The zero-order valence-corrected chi connectivity index (χ0v) is 17.0. The van der Waals surface area contributed by atoms with Gasteiger partial charge in [0.2, 0.25) is 11.8 Å². The van der Waals surface area contributed by atoms with Crippen molar-refractivity contribution < 1.29 is 9.59 Å². The molecule has 5 nitrogen and oxygen atoms in total. The van der Waals surface area contributed by atoms with Gasteiger partial charge in [-0.25, -0.2) is 0 Å². The van der Waals surface area contributed by atoms with Gasteiger partial charge in [0.15, 0.2) is 0 Å². The highest BCUT2D eigenvalue weighted by Gasteiger charge is 2.25. The van der Waals surface area contributed by atoms with Gasteiger partial charge in [-0.2, -0.15) is 0 Å². The van der Waals surface area contributed by atoms with Crippen LogP contribution in [0.4, 0.5) is 5.69 Å². The van der Waals surface area contributed by atoms with Gasteiger partial charge in [0.25, 0.3) is 0 Å². The number of carbonyl (C=O) groups is 2. The van der Waals surface area contributed by atoms with Crippen molar-refractivity contribution in [2.75, 3.05) is 18.4 Å². The fraction of sp³-hybridized carbons (Fsp3) is 0.300. The summed E-state index contributed by atoms with van der Waals surface area (Å²) in [5.41, 5.74) is 8.55. The number of halogens is 2. The highest BCUT2D eigenvalue weighted by Crippen LogP contribution is 2.35. The van der Waals surface area contributed by atoms with Crippen LogP contribution in [-0.2, 0) is 16.0 Å². The minimum atomic E-state index is -0.503. The molecular formula is C20H21BrClN3O2. The highest BCUT2D eigenvalue weighted by molar-refractivity contribution is 9.10. The third kappa shape index (κ3) is 5.02. The predicted octanol–water partition coefficient (Wildman–Crippen LogP) is 3.46. The van der Waals surface area contributed by atoms with Crippen molar-refractivity contribution in [1.82, 2.24) is 5.32 Å². The smallest absolute Gasteiger partial charge is 0.222 e. The van der Waals surface area contributed by atoms with E-state index >= 15 is 0 Å². The minimum Gasteiger partial charge on any atom is -0.384 e. The number of carbonyl (C=O) groups excluding carboxylic acids is 2. The number of anilines is 1. The standard InChI is InChI=1S/C20H21BrClN3O2/c21-15-5-6-18-16(9-15)13(10-24-18)8-19(26)25-11-14(20(23)27)7-12-3-1-2-4-17(12)22/h1-6,9,13-14,24H,7-8,10-11H2,(H2,23,27)(H,25,26). The normalized spacial score (nSPS) is 16.3. The number of amides is 2. The fourth-order valence-electron chi connectivity index (χ4n) is 3.29. The van der Waals surface area contributed by atoms with E-state index < -0.39 is 11.8 Å². The SMILES string of the molecule is NC(=O)C(CNC(=O)CC1CNc2ccc(Br)cc21)Cc1ccccc1Cl. The van der Waals surface area contributed by atoms with E-state index in [2.05, 4.69) is 26.6 Å². The molecule has 0 fully saturated rings. The lowest BCUT2D eigenvalue weighted by Crippen LogP contribution is -2.37. The number of primary amides is 1. The predicted molar refractivity (Wildman–Crippen MR) is 111 cm³/mol. The average Bonchev–Trinajstić information content (AvgIpc) is 3.01. The first-order chi connectivity index (χ1) is 12.9. The number of fused-ring (bicyclic) bond motifs is 1. The Morgan fingerprint density at radius 2 is 2.07 bits per heavy atom. The molecule has 1 aliphatic rings. The van der Waals surface area contributed by atoms with Crippen LogP contribution in [0.15, 0.2) is 46.9 Å². The van der Waals surface area contributed by atoms with Crippen LogP contribution in [0.1, 0.15) is 23.5 Å². The zero-order chi connectivity index (χ0) is 19.4. The van der Waals surface area contributed by atoms with Crippen LogP contribution >= 0.6 is 27.5 Å². The number of nitrogens with one attached hydrogen (secondary N) is 2. The van der Waals surface area contributed by atoms with E-state index in [0.29, 0.717) is 17.9 Å². The van der Waals surface area contributed by atoms with Gasteiger partial charge in [-0.15, -0.1) is 0 Å². The molecule has 2 amide bonds. The molecule has 0 spiro atoms. The quantitative estimate of drug-likeness (QED) is 0.604. The number of nitrogens with two attached hydrogens (primary N) is 1. The van der Waals surface area contributed by atoms with Crippen molar-refractivity contribution in [1.29, 1.82) is 0 Å². The molecule has 0 saturated carbocycles. The lowest BCUT2D eigenvalue weighted by atomic mass is 9.96. The molecule has 0 radical (unpaired) electrons. The fourth-order valence-corrected chi connectivity index (χ4v) is 3.88.